The summed E-state index contributed by atoms with van der Waals surface area (Å²) in [6.45, 7) is -0.169. The fraction of sp³-hybridized carbons (Fsp3) is 0.0667. The van der Waals surface area contributed by atoms with Crippen LogP contribution in [0.2, 0.25) is 5.02 Å². The van der Waals surface area contributed by atoms with Gasteiger partial charge in [0, 0.05) is 16.7 Å². The molecule has 0 radical (unpaired) electrons. The van der Waals surface area contributed by atoms with E-state index >= 15 is 0 Å². The van der Waals surface area contributed by atoms with Crippen LogP contribution in [0, 0.1) is 10.1 Å². The minimum absolute atomic E-state index is 0.122. The second-order valence-electron chi connectivity index (χ2n) is 4.60. The third-order valence-electron chi connectivity index (χ3n) is 2.98. The van der Waals surface area contributed by atoms with Crippen molar-refractivity contribution >= 4 is 33.9 Å². The molecule has 0 atom stereocenters. The molecule has 0 bridgehead atoms. The maximum absolute atomic E-state index is 11.8. The van der Waals surface area contributed by atoms with Crippen LogP contribution in [0.15, 0.2) is 47.0 Å². The first-order chi connectivity index (χ1) is 11.5. The number of carbonyl (C=O) groups excluding carboxylic acids is 1. The van der Waals surface area contributed by atoms with Crippen molar-refractivity contribution in [2.45, 2.75) is 6.61 Å². The molecule has 2 aromatic heterocycles. The van der Waals surface area contributed by atoms with E-state index in [4.69, 9.17) is 20.8 Å². The monoisotopic (exact) mass is 364 g/mol. The van der Waals surface area contributed by atoms with Crippen molar-refractivity contribution in [2.24, 2.45) is 0 Å². The highest BCUT2D eigenvalue weighted by molar-refractivity contribution is 7.17. The Kier molecular flexibility index (Phi) is 4.59. The SMILES string of the molecule is O=C(OCc1ncc(-c2ccc(Cl)cc2)o1)c1ccc([N+](=O)[O-])s1. The number of benzene rings is 1. The number of hydrogen-bond donors (Lipinski definition) is 0. The molecule has 24 heavy (non-hydrogen) atoms. The Hall–Kier alpha value is -2.71. The third-order valence-corrected chi connectivity index (χ3v) is 4.25. The molecule has 0 aliphatic carbocycles. The van der Waals surface area contributed by atoms with E-state index in [0.29, 0.717) is 10.8 Å². The van der Waals surface area contributed by atoms with Crippen LogP contribution < -0.4 is 0 Å². The van der Waals surface area contributed by atoms with E-state index in [9.17, 15) is 14.9 Å². The average molecular weight is 365 g/mol. The fourth-order valence-corrected chi connectivity index (χ4v) is 2.70. The molecule has 0 aliphatic rings. The molecular formula is C15H9ClN2O5S. The maximum Gasteiger partial charge on any atom is 0.349 e. The van der Waals surface area contributed by atoms with Gasteiger partial charge in [-0.3, -0.25) is 10.1 Å². The molecule has 0 spiro atoms. The van der Waals surface area contributed by atoms with Crippen molar-refractivity contribution in [1.82, 2.24) is 4.98 Å². The van der Waals surface area contributed by atoms with Crippen LogP contribution in [0.25, 0.3) is 11.3 Å². The third kappa shape index (κ3) is 3.61. The van der Waals surface area contributed by atoms with Crippen LogP contribution in [0.1, 0.15) is 15.6 Å². The van der Waals surface area contributed by atoms with Gasteiger partial charge in [0.25, 0.3) is 0 Å². The molecule has 7 nitrogen and oxygen atoms in total. The Balaban J connectivity index is 1.63. The summed E-state index contributed by atoms with van der Waals surface area (Å²) in [5.41, 5.74) is 0.790. The highest BCUT2D eigenvalue weighted by Gasteiger charge is 2.17. The van der Waals surface area contributed by atoms with Gasteiger partial charge in [0.2, 0.25) is 5.89 Å². The number of ether oxygens (including phenoxy) is 1. The van der Waals surface area contributed by atoms with Crippen LogP contribution >= 0.6 is 22.9 Å². The molecule has 0 N–H and O–H groups in total. The van der Waals surface area contributed by atoms with Gasteiger partial charge in [0.1, 0.15) is 4.88 Å². The van der Waals surface area contributed by atoms with E-state index in [1.54, 1.807) is 24.3 Å². The summed E-state index contributed by atoms with van der Waals surface area (Å²) in [4.78, 5) is 26.1. The molecule has 0 fully saturated rings. The lowest BCUT2D eigenvalue weighted by Gasteiger charge is -1.99. The van der Waals surface area contributed by atoms with E-state index in [0.717, 1.165) is 16.9 Å². The van der Waals surface area contributed by atoms with Gasteiger partial charge in [-0.25, -0.2) is 9.78 Å². The van der Waals surface area contributed by atoms with E-state index in [-0.39, 0.29) is 22.4 Å². The van der Waals surface area contributed by atoms with Gasteiger partial charge in [0.15, 0.2) is 12.4 Å². The number of nitro groups is 1. The summed E-state index contributed by atoms with van der Waals surface area (Å²) < 4.78 is 10.6. The standard InChI is InChI=1S/C15H9ClN2O5S/c16-10-3-1-9(2-4-10)11-7-17-13(23-11)8-22-15(19)12-5-6-14(24-12)18(20)21/h1-7H,8H2. The maximum atomic E-state index is 11.8. The molecule has 1 aromatic carbocycles. The minimum Gasteiger partial charge on any atom is -0.451 e. The molecule has 122 valence electrons. The summed E-state index contributed by atoms with van der Waals surface area (Å²) in [7, 11) is 0. The average Bonchev–Trinajstić information content (AvgIpc) is 3.23. The second-order valence-corrected chi connectivity index (χ2v) is 6.09. The number of oxazole rings is 1. The quantitative estimate of drug-likeness (QED) is 0.380. The first-order valence-electron chi connectivity index (χ1n) is 6.65. The molecule has 0 saturated carbocycles. The lowest BCUT2D eigenvalue weighted by molar-refractivity contribution is -0.380. The summed E-state index contributed by atoms with van der Waals surface area (Å²) in [6.07, 6.45) is 1.52. The van der Waals surface area contributed by atoms with Crippen LogP contribution in [0.4, 0.5) is 5.00 Å². The second kappa shape index (κ2) is 6.81. The highest BCUT2D eigenvalue weighted by Crippen LogP contribution is 2.25. The first-order valence-corrected chi connectivity index (χ1v) is 7.84. The minimum atomic E-state index is -0.667. The number of aromatic nitrogens is 1. The van der Waals surface area contributed by atoms with Crippen LogP contribution in [0.5, 0.6) is 0 Å². The van der Waals surface area contributed by atoms with Gasteiger partial charge in [0.05, 0.1) is 11.1 Å². The van der Waals surface area contributed by atoms with Crippen molar-refractivity contribution in [2.75, 3.05) is 0 Å². The zero-order valence-corrected chi connectivity index (χ0v) is 13.5. The number of hydrogen-bond acceptors (Lipinski definition) is 7. The van der Waals surface area contributed by atoms with Gasteiger partial charge in [-0.05, 0) is 30.3 Å². The van der Waals surface area contributed by atoms with Gasteiger partial charge >= 0.3 is 11.0 Å². The van der Waals surface area contributed by atoms with Gasteiger partial charge < -0.3 is 9.15 Å². The predicted molar refractivity (Wildman–Crippen MR) is 87.0 cm³/mol. The number of rotatable bonds is 5. The summed E-state index contributed by atoms with van der Waals surface area (Å²) in [6, 6.07) is 9.61. The summed E-state index contributed by atoms with van der Waals surface area (Å²) >= 11 is 6.57. The van der Waals surface area contributed by atoms with Gasteiger partial charge in [-0.15, -0.1) is 0 Å². The zero-order chi connectivity index (χ0) is 17.1. The van der Waals surface area contributed by atoms with Crippen LogP contribution in [0.3, 0.4) is 0 Å². The number of carbonyl (C=O) groups is 1. The Labute approximate surface area is 144 Å². The van der Waals surface area contributed by atoms with Crippen molar-refractivity contribution in [3.05, 3.63) is 68.5 Å². The van der Waals surface area contributed by atoms with E-state index in [2.05, 4.69) is 4.98 Å². The smallest absolute Gasteiger partial charge is 0.349 e. The Morgan fingerprint density at radius 1 is 1.29 bits per heavy atom. The Bertz CT molecular complexity index is 887. The molecule has 0 amide bonds. The predicted octanol–water partition coefficient (Wildman–Crippen LogP) is 4.32. The van der Waals surface area contributed by atoms with Gasteiger partial charge in [-0.2, -0.15) is 0 Å². The Morgan fingerprint density at radius 2 is 2.04 bits per heavy atom. The molecular weight excluding hydrogens is 356 g/mol. The fourth-order valence-electron chi connectivity index (χ4n) is 1.86. The molecule has 2 heterocycles. The largest absolute Gasteiger partial charge is 0.451 e. The van der Waals surface area contributed by atoms with Crippen molar-refractivity contribution in [1.29, 1.82) is 0 Å². The number of halogens is 1. The lowest BCUT2D eigenvalue weighted by atomic mass is 10.2. The molecule has 3 aromatic rings. The molecule has 0 unspecified atom stereocenters. The van der Waals surface area contributed by atoms with E-state index in [1.165, 1.54) is 18.3 Å². The van der Waals surface area contributed by atoms with Gasteiger partial charge in [-0.1, -0.05) is 22.9 Å². The highest BCUT2D eigenvalue weighted by atomic mass is 35.5. The number of thiophene rings is 1. The topological polar surface area (TPSA) is 95.5 Å². The molecule has 0 saturated heterocycles. The molecule has 9 heteroatoms. The lowest BCUT2D eigenvalue weighted by Crippen LogP contribution is -2.03. The summed E-state index contributed by atoms with van der Waals surface area (Å²) in [5.74, 6) is 0.0724. The zero-order valence-electron chi connectivity index (χ0n) is 12.0. The van der Waals surface area contributed by atoms with E-state index in [1.807, 2.05) is 0 Å². The van der Waals surface area contributed by atoms with Crippen LogP contribution in [-0.2, 0) is 11.3 Å². The first kappa shape index (κ1) is 16.2. The molecule has 0 aliphatic heterocycles. The summed E-state index contributed by atoms with van der Waals surface area (Å²) in [5, 5.41) is 11.1. The molecule has 3 rings (SSSR count). The normalized spacial score (nSPS) is 10.5. The number of nitrogens with zero attached hydrogens (tertiary/aromatic N) is 2. The number of esters is 1. The van der Waals surface area contributed by atoms with E-state index < -0.39 is 10.9 Å². The van der Waals surface area contributed by atoms with Crippen LogP contribution in [-0.4, -0.2) is 15.9 Å². The Morgan fingerprint density at radius 3 is 2.71 bits per heavy atom. The van der Waals surface area contributed by atoms with Crippen molar-refractivity contribution in [3.8, 4) is 11.3 Å². The van der Waals surface area contributed by atoms with Crippen molar-refractivity contribution in [3.63, 3.8) is 0 Å². The van der Waals surface area contributed by atoms with Crippen molar-refractivity contribution < 1.29 is 18.9 Å².